The summed E-state index contributed by atoms with van der Waals surface area (Å²) in [6.45, 7) is 6.33. The monoisotopic (exact) mass is 287 g/mol. The van der Waals surface area contributed by atoms with Crippen molar-refractivity contribution < 1.29 is 13.9 Å². The van der Waals surface area contributed by atoms with Gasteiger partial charge in [-0.15, -0.1) is 0 Å². The van der Waals surface area contributed by atoms with E-state index in [1.165, 1.54) is 0 Å². The van der Waals surface area contributed by atoms with E-state index in [1.54, 1.807) is 12.3 Å². The van der Waals surface area contributed by atoms with Crippen molar-refractivity contribution in [1.29, 1.82) is 0 Å². The number of hydrogen-bond acceptors (Lipinski definition) is 3. The number of carbonyl (C=O) groups excluding carboxylic acids is 1. The molecule has 1 amide bonds. The zero-order valence-corrected chi connectivity index (χ0v) is 12.7. The fourth-order valence-electron chi connectivity index (χ4n) is 2.19. The van der Waals surface area contributed by atoms with Crippen LogP contribution in [-0.4, -0.2) is 12.0 Å². The summed E-state index contributed by atoms with van der Waals surface area (Å²) >= 11 is 0. The maximum absolute atomic E-state index is 12.2. The zero-order valence-electron chi connectivity index (χ0n) is 12.7. The Morgan fingerprint density at radius 3 is 2.57 bits per heavy atom. The van der Waals surface area contributed by atoms with E-state index in [9.17, 15) is 4.79 Å². The number of rotatable bonds is 6. The molecule has 2 rings (SSSR count). The van der Waals surface area contributed by atoms with Gasteiger partial charge in [-0.1, -0.05) is 13.0 Å². The number of furan rings is 1. The minimum Gasteiger partial charge on any atom is -0.481 e. The lowest BCUT2D eigenvalue weighted by Gasteiger charge is -2.17. The standard InChI is InChI=1S/C17H21NO3/c1-4-16(17(19)18-11-14-6-5-7-20-14)21-15-9-12(2)8-13(3)10-15/h5-10,16H,4,11H2,1-3H3,(H,18,19). The van der Waals surface area contributed by atoms with Crippen molar-refractivity contribution in [2.45, 2.75) is 39.8 Å². The smallest absolute Gasteiger partial charge is 0.261 e. The van der Waals surface area contributed by atoms with Crippen LogP contribution in [0.4, 0.5) is 0 Å². The average molecular weight is 287 g/mol. The summed E-state index contributed by atoms with van der Waals surface area (Å²) in [4.78, 5) is 12.2. The first kappa shape index (κ1) is 15.2. The van der Waals surface area contributed by atoms with Gasteiger partial charge in [0.05, 0.1) is 12.8 Å². The Bertz CT molecular complexity index is 570. The van der Waals surface area contributed by atoms with Gasteiger partial charge >= 0.3 is 0 Å². The minimum absolute atomic E-state index is 0.131. The van der Waals surface area contributed by atoms with E-state index in [0.717, 1.165) is 22.6 Å². The van der Waals surface area contributed by atoms with E-state index in [-0.39, 0.29) is 5.91 Å². The molecule has 0 fully saturated rings. The van der Waals surface area contributed by atoms with E-state index >= 15 is 0 Å². The average Bonchev–Trinajstić information content (AvgIpc) is 2.94. The summed E-state index contributed by atoms with van der Waals surface area (Å²) in [6, 6.07) is 9.58. The fraction of sp³-hybridized carbons (Fsp3) is 0.353. The predicted molar refractivity (Wildman–Crippen MR) is 81.2 cm³/mol. The van der Waals surface area contributed by atoms with Crippen LogP contribution in [0.3, 0.4) is 0 Å². The number of amides is 1. The van der Waals surface area contributed by atoms with Crippen molar-refractivity contribution in [3.05, 3.63) is 53.5 Å². The molecule has 2 aromatic rings. The van der Waals surface area contributed by atoms with Gasteiger partial charge < -0.3 is 14.5 Å². The van der Waals surface area contributed by atoms with Gasteiger partial charge in [0, 0.05) is 0 Å². The minimum atomic E-state index is -0.499. The van der Waals surface area contributed by atoms with Crippen LogP contribution in [-0.2, 0) is 11.3 Å². The van der Waals surface area contributed by atoms with Crippen molar-refractivity contribution in [2.24, 2.45) is 0 Å². The molecule has 4 heteroatoms. The maximum atomic E-state index is 12.2. The van der Waals surface area contributed by atoms with Crippen LogP contribution in [0.1, 0.15) is 30.2 Å². The van der Waals surface area contributed by atoms with Crippen molar-refractivity contribution in [2.75, 3.05) is 0 Å². The molecular formula is C17H21NO3. The summed E-state index contributed by atoms with van der Waals surface area (Å²) in [5, 5.41) is 2.83. The van der Waals surface area contributed by atoms with E-state index in [1.807, 2.05) is 39.0 Å². The second kappa shape index (κ2) is 6.97. The largest absolute Gasteiger partial charge is 0.481 e. The topological polar surface area (TPSA) is 51.5 Å². The molecule has 1 aromatic heterocycles. The fourth-order valence-corrected chi connectivity index (χ4v) is 2.19. The summed E-state index contributed by atoms with van der Waals surface area (Å²) in [6.07, 6.45) is 1.70. The quantitative estimate of drug-likeness (QED) is 0.886. The molecule has 0 radical (unpaired) electrons. The molecule has 0 bridgehead atoms. The van der Waals surface area contributed by atoms with Crippen LogP contribution in [0, 0.1) is 13.8 Å². The van der Waals surface area contributed by atoms with Gasteiger partial charge in [-0.05, 0) is 55.7 Å². The second-order valence-corrected chi connectivity index (χ2v) is 5.14. The normalized spacial score (nSPS) is 12.0. The van der Waals surface area contributed by atoms with Crippen LogP contribution in [0.25, 0.3) is 0 Å². The lowest BCUT2D eigenvalue weighted by atomic mass is 10.1. The van der Waals surface area contributed by atoms with Crippen LogP contribution >= 0.6 is 0 Å². The summed E-state index contributed by atoms with van der Waals surface area (Å²) < 4.78 is 11.0. The third-order valence-electron chi connectivity index (χ3n) is 3.15. The summed E-state index contributed by atoms with van der Waals surface area (Å²) in [7, 11) is 0. The third kappa shape index (κ3) is 4.38. The third-order valence-corrected chi connectivity index (χ3v) is 3.15. The molecule has 1 unspecified atom stereocenters. The van der Waals surface area contributed by atoms with Crippen LogP contribution in [0.5, 0.6) is 5.75 Å². The Hall–Kier alpha value is -2.23. The van der Waals surface area contributed by atoms with Gasteiger partial charge in [0.2, 0.25) is 0 Å². The molecule has 0 spiro atoms. The van der Waals surface area contributed by atoms with Crippen LogP contribution in [0.15, 0.2) is 41.0 Å². The molecule has 0 saturated heterocycles. The zero-order chi connectivity index (χ0) is 15.2. The Morgan fingerprint density at radius 1 is 1.29 bits per heavy atom. The van der Waals surface area contributed by atoms with Gasteiger partial charge in [0.15, 0.2) is 6.10 Å². The molecule has 0 aliphatic carbocycles. The Balaban J connectivity index is 1.96. The number of benzene rings is 1. The predicted octanol–water partition coefficient (Wildman–Crippen LogP) is 3.37. The Kier molecular flexibility index (Phi) is 5.04. The molecule has 1 N–H and O–H groups in total. The van der Waals surface area contributed by atoms with E-state index in [4.69, 9.17) is 9.15 Å². The van der Waals surface area contributed by atoms with Crippen molar-refractivity contribution in [3.8, 4) is 5.75 Å². The van der Waals surface area contributed by atoms with Gasteiger partial charge in [-0.3, -0.25) is 4.79 Å². The molecule has 0 saturated carbocycles. The van der Waals surface area contributed by atoms with Gasteiger partial charge in [0.25, 0.3) is 5.91 Å². The Labute approximate surface area is 125 Å². The van der Waals surface area contributed by atoms with E-state index < -0.39 is 6.10 Å². The number of aryl methyl sites for hydroxylation is 2. The number of nitrogens with one attached hydrogen (secondary N) is 1. The first-order chi connectivity index (χ1) is 10.1. The highest BCUT2D eigenvalue weighted by atomic mass is 16.5. The number of carbonyl (C=O) groups is 1. The van der Waals surface area contributed by atoms with Gasteiger partial charge in [-0.25, -0.2) is 0 Å². The number of ether oxygens (including phenoxy) is 1. The van der Waals surface area contributed by atoms with E-state index in [0.29, 0.717) is 13.0 Å². The summed E-state index contributed by atoms with van der Waals surface area (Å²) in [5.74, 6) is 1.32. The molecule has 0 aliphatic heterocycles. The molecule has 4 nitrogen and oxygen atoms in total. The highest BCUT2D eigenvalue weighted by Gasteiger charge is 2.18. The van der Waals surface area contributed by atoms with Crippen molar-refractivity contribution in [3.63, 3.8) is 0 Å². The molecule has 1 atom stereocenters. The molecule has 0 aliphatic rings. The first-order valence-corrected chi connectivity index (χ1v) is 7.13. The van der Waals surface area contributed by atoms with Crippen LogP contribution < -0.4 is 10.1 Å². The summed E-state index contributed by atoms with van der Waals surface area (Å²) in [5.41, 5.74) is 2.24. The van der Waals surface area contributed by atoms with E-state index in [2.05, 4.69) is 11.4 Å². The van der Waals surface area contributed by atoms with Crippen LogP contribution in [0.2, 0.25) is 0 Å². The molecule has 21 heavy (non-hydrogen) atoms. The lowest BCUT2D eigenvalue weighted by molar-refractivity contribution is -0.128. The molecule has 112 valence electrons. The first-order valence-electron chi connectivity index (χ1n) is 7.13. The molecular weight excluding hydrogens is 266 g/mol. The highest BCUT2D eigenvalue weighted by molar-refractivity contribution is 5.81. The second-order valence-electron chi connectivity index (χ2n) is 5.14. The van der Waals surface area contributed by atoms with Crippen molar-refractivity contribution >= 4 is 5.91 Å². The van der Waals surface area contributed by atoms with Gasteiger partial charge in [0.1, 0.15) is 11.5 Å². The number of hydrogen-bond donors (Lipinski definition) is 1. The maximum Gasteiger partial charge on any atom is 0.261 e. The SMILES string of the molecule is CCC(Oc1cc(C)cc(C)c1)C(=O)NCc1ccco1. The Morgan fingerprint density at radius 2 is 2.00 bits per heavy atom. The van der Waals surface area contributed by atoms with Gasteiger partial charge in [-0.2, -0.15) is 0 Å². The van der Waals surface area contributed by atoms with Crippen molar-refractivity contribution in [1.82, 2.24) is 5.32 Å². The molecule has 1 heterocycles. The molecule has 1 aromatic carbocycles. The highest BCUT2D eigenvalue weighted by Crippen LogP contribution is 2.18. The lowest BCUT2D eigenvalue weighted by Crippen LogP contribution is -2.37.